The molecule has 126 valence electrons. The number of hydrogen-bond acceptors (Lipinski definition) is 6. The maximum atomic E-state index is 11.8. The Bertz CT molecular complexity index is 691. The van der Waals surface area contributed by atoms with E-state index in [1.165, 1.54) is 7.11 Å². The number of hydroxylamine groups is 2. The number of nitrogens with zero attached hydrogens (tertiary/aromatic N) is 3. The van der Waals surface area contributed by atoms with E-state index in [9.17, 15) is 9.59 Å². The number of esters is 1. The number of ether oxygens (including phenoxy) is 1. The predicted octanol–water partition coefficient (Wildman–Crippen LogP) is 1.32. The number of pyridine rings is 2. The van der Waals surface area contributed by atoms with Crippen molar-refractivity contribution in [1.82, 2.24) is 15.0 Å². The predicted molar refractivity (Wildman–Crippen MR) is 85.5 cm³/mol. The lowest BCUT2D eigenvalue weighted by molar-refractivity contribution is -0.167. The van der Waals surface area contributed by atoms with Crippen LogP contribution in [-0.2, 0) is 38.6 Å². The topological polar surface area (TPSA) is 81.6 Å². The van der Waals surface area contributed by atoms with Gasteiger partial charge in [-0.2, -0.15) is 0 Å². The summed E-state index contributed by atoms with van der Waals surface area (Å²) in [5, 5.41) is 1.16. The Labute approximate surface area is 140 Å². The van der Waals surface area contributed by atoms with Crippen molar-refractivity contribution in [3.8, 4) is 0 Å². The standard InChI is InChI=1S/C17H19N3O4/c1-20(23-2)16(21)10-14-5-8-19-15(9-14)12-24-17(22)11-13-3-6-18-7-4-13/h3-9H,10-12H2,1-2H3. The highest BCUT2D eigenvalue weighted by Crippen LogP contribution is 2.07. The first-order chi connectivity index (χ1) is 11.6. The van der Waals surface area contributed by atoms with Gasteiger partial charge < -0.3 is 4.74 Å². The van der Waals surface area contributed by atoms with Crippen LogP contribution < -0.4 is 0 Å². The highest BCUT2D eigenvalue weighted by molar-refractivity contribution is 5.77. The third-order valence-corrected chi connectivity index (χ3v) is 3.34. The van der Waals surface area contributed by atoms with Crippen LogP contribution in [0.15, 0.2) is 42.9 Å². The Morgan fingerprint density at radius 2 is 1.79 bits per heavy atom. The number of amides is 1. The minimum Gasteiger partial charge on any atom is -0.459 e. The van der Waals surface area contributed by atoms with Gasteiger partial charge in [0.05, 0.1) is 25.6 Å². The summed E-state index contributed by atoms with van der Waals surface area (Å²) >= 11 is 0. The van der Waals surface area contributed by atoms with Crippen molar-refractivity contribution in [3.05, 3.63) is 59.7 Å². The highest BCUT2D eigenvalue weighted by atomic mass is 16.7. The van der Waals surface area contributed by atoms with Gasteiger partial charge in [-0.3, -0.25) is 24.4 Å². The quantitative estimate of drug-likeness (QED) is 0.563. The van der Waals surface area contributed by atoms with Gasteiger partial charge in [-0.05, 0) is 35.4 Å². The molecule has 0 saturated carbocycles. The van der Waals surface area contributed by atoms with Crippen molar-refractivity contribution < 1.29 is 19.2 Å². The van der Waals surface area contributed by atoms with Gasteiger partial charge in [-0.15, -0.1) is 0 Å². The van der Waals surface area contributed by atoms with Crippen molar-refractivity contribution in [2.45, 2.75) is 19.4 Å². The van der Waals surface area contributed by atoms with Crippen LogP contribution in [-0.4, -0.2) is 41.1 Å². The SMILES string of the molecule is CON(C)C(=O)Cc1ccnc(COC(=O)Cc2ccncc2)c1. The van der Waals surface area contributed by atoms with Gasteiger partial charge >= 0.3 is 5.97 Å². The molecule has 0 radical (unpaired) electrons. The van der Waals surface area contributed by atoms with Crippen molar-refractivity contribution in [3.63, 3.8) is 0 Å². The maximum absolute atomic E-state index is 11.8. The summed E-state index contributed by atoms with van der Waals surface area (Å²) in [5.74, 6) is -0.520. The average Bonchev–Trinajstić information content (AvgIpc) is 2.60. The fourth-order valence-corrected chi connectivity index (χ4v) is 1.98. The lowest BCUT2D eigenvalue weighted by Crippen LogP contribution is -2.27. The molecule has 0 N–H and O–H groups in total. The molecule has 0 fully saturated rings. The van der Waals surface area contributed by atoms with Crippen LogP contribution in [0.1, 0.15) is 16.8 Å². The number of carbonyl (C=O) groups is 2. The number of carbonyl (C=O) groups excluding carboxylic acids is 2. The zero-order valence-electron chi connectivity index (χ0n) is 13.6. The molecule has 0 spiro atoms. The molecule has 2 heterocycles. The molecule has 0 unspecified atom stereocenters. The minimum atomic E-state index is -0.344. The third kappa shape index (κ3) is 5.44. The molecule has 2 aromatic rings. The molecule has 2 aromatic heterocycles. The molecule has 0 saturated heterocycles. The van der Waals surface area contributed by atoms with E-state index in [-0.39, 0.29) is 31.3 Å². The smallest absolute Gasteiger partial charge is 0.310 e. The van der Waals surface area contributed by atoms with Crippen molar-refractivity contribution in [2.75, 3.05) is 14.2 Å². The zero-order chi connectivity index (χ0) is 17.4. The van der Waals surface area contributed by atoms with E-state index in [1.807, 2.05) is 0 Å². The molecule has 0 aliphatic heterocycles. The fourth-order valence-electron chi connectivity index (χ4n) is 1.98. The molecule has 0 bridgehead atoms. The maximum Gasteiger partial charge on any atom is 0.310 e. The Kier molecular flexibility index (Phi) is 6.39. The Morgan fingerprint density at radius 3 is 2.50 bits per heavy atom. The van der Waals surface area contributed by atoms with Crippen molar-refractivity contribution >= 4 is 11.9 Å². The molecule has 2 rings (SSSR count). The summed E-state index contributed by atoms with van der Waals surface area (Å²) < 4.78 is 5.22. The lowest BCUT2D eigenvalue weighted by Gasteiger charge is -2.13. The van der Waals surface area contributed by atoms with Crippen LogP contribution in [0, 0.1) is 0 Å². The number of rotatable bonds is 7. The van der Waals surface area contributed by atoms with Gasteiger partial charge in [0, 0.05) is 25.6 Å². The molecule has 7 heteroatoms. The second-order valence-corrected chi connectivity index (χ2v) is 5.10. The van der Waals surface area contributed by atoms with Crippen LogP contribution in [0.4, 0.5) is 0 Å². The molecule has 0 aliphatic carbocycles. The summed E-state index contributed by atoms with van der Waals surface area (Å²) in [5.41, 5.74) is 2.20. The van der Waals surface area contributed by atoms with E-state index in [0.717, 1.165) is 16.2 Å². The van der Waals surface area contributed by atoms with Crippen LogP contribution in [0.2, 0.25) is 0 Å². The van der Waals surface area contributed by atoms with Crippen molar-refractivity contribution in [1.29, 1.82) is 0 Å². The monoisotopic (exact) mass is 329 g/mol. The van der Waals surface area contributed by atoms with E-state index in [1.54, 1.807) is 49.9 Å². The third-order valence-electron chi connectivity index (χ3n) is 3.34. The molecular weight excluding hydrogens is 310 g/mol. The highest BCUT2D eigenvalue weighted by Gasteiger charge is 2.10. The van der Waals surface area contributed by atoms with Gasteiger partial charge in [0.15, 0.2) is 0 Å². The molecule has 0 atom stereocenters. The van der Waals surface area contributed by atoms with E-state index in [0.29, 0.717) is 5.69 Å². The fraction of sp³-hybridized carbons (Fsp3) is 0.294. The summed E-state index contributed by atoms with van der Waals surface area (Å²) in [7, 11) is 2.98. The average molecular weight is 329 g/mol. The minimum absolute atomic E-state index is 0.0616. The normalized spacial score (nSPS) is 10.2. The molecular formula is C17H19N3O4. The first-order valence-corrected chi connectivity index (χ1v) is 7.37. The van der Waals surface area contributed by atoms with Crippen molar-refractivity contribution in [2.24, 2.45) is 0 Å². The van der Waals surface area contributed by atoms with Gasteiger partial charge in [0.1, 0.15) is 6.61 Å². The van der Waals surface area contributed by atoms with Crippen LogP contribution in [0.3, 0.4) is 0 Å². The molecule has 0 aromatic carbocycles. The molecule has 7 nitrogen and oxygen atoms in total. The number of aromatic nitrogens is 2. The molecule has 1 amide bonds. The first kappa shape index (κ1) is 17.6. The second-order valence-electron chi connectivity index (χ2n) is 5.10. The van der Waals surface area contributed by atoms with Crippen LogP contribution in [0.5, 0.6) is 0 Å². The Balaban J connectivity index is 1.87. The Hall–Kier alpha value is -2.80. The van der Waals surface area contributed by atoms with E-state index < -0.39 is 0 Å². The number of hydrogen-bond donors (Lipinski definition) is 0. The van der Waals surface area contributed by atoms with Gasteiger partial charge in [0.25, 0.3) is 0 Å². The van der Waals surface area contributed by atoms with E-state index in [2.05, 4.69) is 9.97 Å². The van der Waals surface area contributed by atoms with E-state index >= 15 is 0 Å². The second kappa shape index (κ2) is 8.73. The van der Waals surface area contributed by atoms with E-state index in [4.69, 9.17) is 9.57 Å². The summed E-state index contributed by atoms with van der Waals surface area (Å²) in [6, 6.07) is 7.00. The lowest BCUT2D eigenvalue weighted by atomic mass is 10.1. The van der Waals surface area contributed by atoms with Gasteiger partial charge in [0.2, 0.25) is 5.91 Å². The Morgan fingerprint density at radius 1 is 1.08 bits per heavy atom. The zero-order valence-corrected chi connectivity index (χ0v) is 13.6. The summed E-state index contributed by atoms with van der Waals surface area (Å²) in [6.07, 6.45) is 5.20. The largest absolute Gasteiger partial charge is 0.459 e. The molecule has 24 heavy (non-hydrogen) atoms. The van der Waals surface area contributed by atoms with Crippen LogP contribution >= 0.6 is 0 Å². The summed E-state index contributed by atoms with van der Waals surface area (Å²) in [4.78, 5) is 36.5. The van der Waals surface area contributed by atoms with Gasteiger partial charge in [-0.1, -0.05) is 0 Å². The summed E-state index contributed by atoms with van der Waals surface area (Å²) in [6.45, 7) is 0.0616. The molecule has 0 aliphatic rings. The first-order valence-electron chi connectivity index (χ1n) is 7.37. The van der Waals surface area contributed by atoms with Crippen LogP contribution in [0.25, 0.3) is 0 Å². The number of likely N-dealkylation sites (N-methyl/N-ethyl adjacent to an activating group) is 1. The van der Waals surface area contributed by atoms with Gasteiger partial charge in [-0.25, -0.2) is 5.06 Å².